The van der Waals surface area contributed by atoms with Crippen LogP contribution in [0.1, 0.15) is 6.42 Å². The normalized spacial score (nSPS) is 23.1. The van der Waals surface area contributed by atoms with Gasteiger partial charge in [-0.15, -0.1) is 0 Å². The average molecular weight is 238 g/mol. The molecule has 2 atom stereocenters. The second kappa shape index (κ2) is 6.14. The highest BCUT2D eigenvalue weighted by Gasteiger charge is 2.18. The summed E-state index contributed by atoms with van der Waals surface area (Å²) < 4.78 is 1.76. The van der Waals surface area contributed by atoms with Crippen molar-refractivity contribution in [2.45, 2.75) is 19.1 Å². The molecule has 0 bridgehead atoms. The predicted octanol–water partition coefficient (Wildman–Crippen LogP) is -0.215. The summed E-state index contributed by atoms with van der Waals surface area (Å²) in [5.41, 5.74) is 0. The lowest BCUT2D eigenvalue weighted by Gasteiger charge is -2.15. The van der Waals surface area contributed by atoms with E-state index in [4.69, 9.17) is 0 Å². The van der Waals surface area contributed by atoms with E-state index in [1.807, 2.05) is 12.3 Å². The van der Waals surface area contributed by atoms with E-state index >= 15 is 0 Å². The molecular weight excluding hydrogens is 216 g/mol. The van der Waals surface area contributed by atoms with E-state index in [-0.39, 0.29) is 6.10 Å². The maximum Gasteiger partial charge on any atom is 0.0860 e. The summed E-state index contributed by atoms with van der Waals surface area (Å²) in [5.74, 6) is 0.733. The van der Waals surface area contributed by atoms with E-state index < -0.39 is 0 Å². The lowest BCUT2D eigenvalue weighted by molar-refractivity contribution is 0.145. The molecule has 1 aromatic rings. The van der Waals surface area contributed by atoms with Crippen molar-refractivity contribution >= 4 is 0 Å². The number of aliphatic hydroxyl groups excluding tert-OH is 1. The maximum atomic E-state index is 9.81. The fourth-order valence-electron chi connectivity index (χ4n) is 2.34. The molecule has 2 rings (SSSR count). The quantitative estimate of drug-likeness (QED) is 0.720. The summed E-state index contributed by atoms with van der Waals surface area (Å²) in [5, 5.41) is 17.2. The minimum atomic E-state index is -0.367. The number of nitrogens with one attached hydrogen (secondary N) is 1. The van der Waals surface area contributed by atoms with Crippen molar-refractivity contribution in [2.75, 3.05) is 33.2 Å². The number of nitrogens with zero attached hydrogens (tertiary/aromatic N) is 3. The van der Waals surface area contributed by atoms with E-state index in [9.17, 15) is 5.11 Å². The molecular formula is C12H22N4O. The summed E-state index contributed by atoms with van der Waals surface area (Å²) in [7, 11) is 2.16. The molecule has 2 N–H and O–H groups in total. The Morgan fingerprint density at radius 1 is 1.59 bits per heavy atom. The van der Waals surface area contributed by atoms with Gasteiger partial charge in [0.05, 0.1) is 12.6 Å². The highest BCUT2D eigenvalue weighted by molar-refractivity contribution is 4.79. The van der Waals surface area contributed by atoms with Crippen molar-refractivity contribution in [1.29, 1.82) is 0 Å². The number of rotatable bonds is 6. The maximum absolute atomic E-state index is 9.81. The van der Waals surface area contributed by atoms with Gasteiger partial charge in [-0.1, -0.05) is 0 Å². The van der Waals surface area contributed by atoms with Crippen LogP contribution in [-0.2, 0) is 6.54 Å². The molecule has 1 aliphatic heterocycles. The zero-order valence-electron chi connectivity index (χ0n) is 10.4. The highest BCUT2D eigenvalue weighted by Crippen LogP contribution is 2.12. The van der Waals surface area contributed by atoms with Gasteiger partial charge in [0.1, 0.15) is 0 Å². The Hall–Kier alpha value is -0.910. The van der Waals surface area contributed by atoms with E-state index in [0.717, 1.165) is 12.5 Å². The molecule has 0 saturated carbocycles. The Balaban J connectivity index is 1.58. The molecule has 5 heteroatoms. The molecule has 96 valence electrons. The Morgan fingerprint density at radius 3 is 3.12 bits per heavy atom. The van der Waals surface area contributed by atoms with Gasteiger partial charge in [-0.05, 0) is 38.5 Å². The first-order chi connectivity index (χ1) is 8.24. The first kappa shape index (κ1) is 12.5. The zero-order chi connectivity index (χ0) is 12.1. The van der Waals surface area contributed by atoms with Crippen LogP contribution in [0, 0.1) is 5.92 Å². The molecule has 1 aliphatic rings. The topological polar surface area (TPSA) is 53.3 Å². The molecule has 5 nitrogen and oxygen atoms in total. The summed E-state index contributed by atoms with van der Waals surface area (Å²) >= 11 is 0. The van der Waals surface area contributed by atoms with Gasteiger partial charge in [0, 0.05) is 25.5 Å². The monoisotopic (exact) mass is 238 g/mol. The van der Waals surface area contributed by atoms with Gasteiger partial charge in [-0.2, -0.15) is 5.10 Å². The summed E-state index contributed by atoms with van der Waals surface area (Å²) in [6.45, 7) is 4.57. The van der Waals surface area contributed by atoms with Gasteiger partial charge in [-0.3, -0.25) is 4.68 Å². The van der Waals surface area contributed by atoms with Crippen LogP contribution in [0.15, 0.2) is 18.5 Å². The van der Waals surface area contributed by atoms with Crippen LogP contribution in [0.2, 0.25) is 0 Å². The van der Waals surface area contributed by atoms with Crippen LogP contribution in [0.25, 0.3) is 0 Å². The van der Waals surface area contributed by atoms with Gasteiger partial charge in [0.15, 0.2) is 0 Å². The standard InChI is InChI=1S/C12H22N4O/c1-15-6-3-11(9-15)7-13-8-12(17)10-16-5-2-4-14-16/h2,4-5,11-13,17H,3,6-10H2,1H3. The summed E-state index contributed by atoms with van der Waals surface area (Å²) in [6.07, 6.45) is 4.50. The van der Waals surface area contributed by atoms with Crippen molar-refractivity contribution in [1.82, 2.24) is 20.0 Å². The van der Waals surface area contributed by atoms with Crippen molar-refractivity contribution in [3.8, 4) is 0 Å². The molecule has 0 radical (unpaired) electrons. The van der Waals surface area contributed by atoms with Gasteiger partial charge >= 0.3 is 0 Å². The Morgan fingerprint density at radius 2 is 2.47 bits per heavy atom. The van der Waals surface area contributed by atoms with Crippen LogP contribution in [0.3, 0.4) is 0 Å². The van der Waals surface area contributed by atoms with Crippen LogP contribution >= 0.6 is 0 Å². The van der Waals surface area contributed by atoms with E-state index in [1.54, 1.807) is 10.9 Å². The van der Waals surface area contributed by atoms with Crippen LogP contribution < -0.4 is 5.32 Å². The SMILES string of the molecule is CN1CCC(CNCC(O)Cn2cccn2)C1. The summed E-state index contributed by atoms with van der Waals surface area (Å²) in [4.78, 5) is 2.35. The number of likely N-dealkylation sites (tertiary alicyclic amines) is 1. The minimum absolute atomic E-state index is 0.367. The second-order valence-corrected chi connectivity index (χ2v) is 4.96. The molecule has 0 aliphatic carbocycles. The number of aromatic nitrogens is 2. The fourth-order valence-corrected chi connectivity index (χ4v) is 2.34. The van der Waals surface area contributed by atoms with Crippen molar-refractivity contribution in [3.05, 3.63) is 18.5 Å². The van der Waals surface area contributed by atoms with Crippen LogP contribution in [-0.4, -0.2) is 59.1 Å². The largest absolute Gasteiger partial charge is 0.390 e. The van der Waals surface area contributed by atoms with Crippen molar-refractivity contribution in [3.63, 3.8) is 0 Å². The third-order valence-corrected chi connectivity index (χ3v) is 3.26. The van der Waals surface area contributed by atoms with Crippen LogP contribution in [0.4, 0.5) is 0 Å². The number of hydrogen-bond acceptors (Lipinski definition) is 4. The second-order valence-electron chi connectivity index (χ2n) is 4.96. The number of aliphatic hydroxyl groups is 1. The first-order valence-electron chi connectivity index (χ1n) is 6.29. The van der Waals surface area contributed by atoms with Gasteiger partial charge in [-0.25, -0.2) is 0 Å². The van der Waals surface area contributed by atoms with E-state index in [0.29, 0.717) is 13.1 Å². The smallest absolute Gasteiger partial charge is 0.0860 e. The predicted molar refractivity (Wildman–Crippen MR) is 66.7 cm³/mol. The molecule has 1 fully saturated rings. The van der Waals surface area contributed by atoms with E-state index in [2.05, 4.69) is 22.4 Å². The molecule has 2 heterocycles. The first-order valence-corrected chi connectivity index (χ1v) is 6.29. The average Bonchev–Trinajstić information content (AvgIpc) is 2.90. The Bertz CT molecular complexity index is 314. The Kier molecular flexibility index (Phi) is 4.53. The lowest BCUT2D eigenvalue weighted by atomic mass is 10.1. The van der Waals surface area contributed by atoms with Crippen LogP contribution in [0.5, 0.6) is 0 Å². The molecule has 2 unspecified atom stereocenters. The van der Waals surface area contributed by atoms with Crippen molar-refractivity contribution in [2.24, 2.45) is 5.92 Å². The summed E-state index contributed by atoms with van der Waals surface area (Å²) in [6, 6.07) is 1.87. The molecule has 1 aromatic heterocycles. The third-order valence-electron chi connectivity index (χ3n) is 3.26. The molecule has 17 heavy (non-hydrogen) atoms. The van der Waals surface area contributed by atoms with Gasteiger partial charge in [0.25, 0.3) is 0 Å². The van der Waals surface area contributed by atoms with Gasteiger partial charge < -0.3 is 15.3 Å². The van der Waals surface area contributed by atoms with Gasteiger partial charge in [0.2, 0.25) is 0 Å². The lowest BCUT2D eigenvalue weighted by Crippen LogP contribution is -2.34. The molecule has 0 aromatic carbocycles. The number of hydrogen-bond donors (Lipinski definition) is 2. The Labute approximate surface area is 102 Å². The van der Waals surface area contributed by atoms with Crippen molar-refractivity contribution < 1.29 is 5.11 Å². The minimum Gasteiger partial charge on any atom is -0.390 e. The fraction of sp³-hybridized carbons (Fsp3) is 0.750. The zero-order valence-corrected chi connectivity index (χ0v) is 10.4. The molecule has 0 amide bonds. The molecule has 0 spiro atoms. The van der Waals surface area contributed by atoms with E-state index in [1.165, 1.54) is 19.5 Å². The third kappa shape index (κ3) is 4.11. The highest BCUT2D eigenvalue weighted by atomic mass is 16.3. The molecule has 1 saturated heterocycles.